The maximum absolute atomic E-state index is 12.9. The van der Waals surface area contributed by atoms with Crippen LogP contribution in [0.5, 0.6) is 0 Å². The first kappa shape index (κ1) is 70.8. The van der Waals surface area contributed by atoms with Crippen molar-refractivity contribution in [1.29, 1.82) is 0 Å². The fraction of sp³-hybridized carbons (Fsp3) is 0.667. The molecular formula is C69H114O6. The highest BCUT2D eigenvalue weighted by atomic mass is 16.6. The molecule has 75 heavy (non-hydrogen) atoms. The van der Waals surface area contributed by atoms with Crippen LogP contribution < -0.4 is 0 Å². The smallest absolute Gasteiger partial charge is 0.306 e. The van der Waals surface area contributed by atoms with Crippen molar-refractivity contribution in [2.45, 2.75) is 284 Å². The Hall–Kier alpha value is -4.19. The van der Waals surface area contributed by atoms with Gasteiger partial charge in [0.2, 0.25) is 0 Å². The average molecular weight is 1040 g/mol. The van der Waals surface area contributed by atoms with Crippen molar-refractivity contribution >= 4 is 17.9 Å². The van der Waals surface area contributed by atoms with Crippen LogP contribution in [0.4, 0.5) is 0 Å². The maximum atomic E-state index is 12.9. The zero-order valence-corrected chi connectivity index (χ0v) is 48.8. The van der Waals surface area contributed by atoms with E-state index in [0.29, 0.717) is 19.3 Å². The van der Waals surface area contributed by atoms with Crippen molar-refractivity contribution in [3.63, 3.8) is 0 Å². The predicted molar refractivity (Wildman–Crippen MR) is 325 cm³/mol. The van der Waals surface area contributed by atoms with E-state index in [2.05, 4.69) is 142 Å². The summed E-state index contributed by atoms with van der Waals surface area (Å²) in [5.41, 5.74) is 0. The molecule has 6 heteroatoms. The van der Waals surface area contributed by atoms with Crippen LogP contribution in [-0.4, -0.2) is 37.2 Å². The summed E-state index contributed by atoms with van der Waals surface area (Å²) in [7, 11) is 0. The lowest BCUT2D eigenvalue weighted by molar-refractivity contribution is -0.167. The quantitative estimate of drug-likeness (QED) is 0.0261. The largest absolute Gasteiger partial charge is 0.462 e. The van der Waals surface area contributed by atoms with Gasteiger partial charge in [-0.3, -0.25) is 14.4 Å². The van der Waals surface area contributed by atoms with E-state index in [1.807, 2.05) is 0 Å². The molecule has 0 saturated heterocycles. The number of carbonyl (C=O) groups is 3. The van der Waals surface area contributed by atoms with E-state index in [-0.39, 0.29) is 31.1 Å². The Bertz CT molecular complexity index is 1570. The van der Waals surface area contributed by atoms with Gasteiger partial charge in [0.05, 0.1) is 0 Å². The normalized spacial score (nSPS) is 12.9. The first-order valence-electron chi connectivity index (χ1n) is 31.0. The summed E-state index contributed by atoms with van der Waals surface area (Å²) in [6.07, 6.45) is 86.3. The van der Waals surface area contributed by atoms with Crippen LogP contribution in [0.1, 0.15) is 278 Å². The second kappa shape index (κ2) is 62.4. The lowest BCUT2D eigenvalue weighted by Crippen LogP contribution is -2.30. The lowest BCUT2D eigenvalue weighted by Gasteiger charge is -2.18. The predicted octanol–water partition coefficient (Wildman–Crippen LogP) is 21.2. The number of hydrogen-bond donors (Lipinski definition) is 0. The zero-order valence-electron chi connectivity index (χ0n) is 48.8. The van der Waals surface area contributed by atoms with Gasteiger partial charge in [-0.2, -0.15) is 0 Å². The van der Waals surface area contributed by atoms with E-state index in [0.717, 1.165) is 128 Å². The summed E-state index contributed by atoms with van der Waals surface area (Å²) in [4.78, 5) is 38.2. The molecule has 0 rings (SSSR count). The third-order valence-electron chi connectivity index (χ3n) is 12.9. The van der Waals surface area contributed by atoms with Crippen LogP contribution in [0, 0.1) is 0 Å². The Balaban J connectivity index is 4.27. The van der Waals surface area contributed by atoms with Gasteiger partial charge in [0.25, 0.3) is 0 Å². The third-order valence-corrected chi connectivity index (χ3v) is 12.9. The van der Waals surface area contributed by atoms with Gasteiger partial charge in [-0.15, -0.1) is 0 Å². The summed E-state index contributed by atoms with van der Waals surface area (Å²) in [5.74, 6) is -0.911. The Morgan fingerprint density at radius 1 is 0.280 bits per heavy atom. The molecule has 426 valence electrons. The summed E-state index contributed by atoms with van der Waals surface area (Å²) < 4.78 is 16.9. The minimum absolute atomic E-state index is 0.0886. The Morgan fingerprint density at radius 2 is 0.520 bits per heavy atom. The number of carbonyl (C=O) groups excluding carboxylic acids is 3. The average Bonchev–Trinajstić information content (AvgIpc) is 3.41. The molecule has 0 bridgehead atoms. The molecule has 0 fully saturated rings. The van der Waals surface area contributed by atoms with Crippen LogP contribution in [0.2, 0.25) is 0 Å². The van der Waals surface area contributed by atoms with Crippen molar-refractivity contribution in [3.8, 4) is 0 Å². The number of allylic oxidation sites excluding steroid dienone is 20. The molecule has 0 aromatic carbocycles. The van der Waals surface area contributed by atoms with Crippen LogP contribution in [0.3, 0.4) is 0 Å². The van der Waals surface area contributed by atoms with E-state index in [9.17, 15) is 14.4 Å². The van der Waals surface area contributed by atoms with Crippen molar-refractivity contribution in [2.75, 3.05) is 13.2 Å². The Labute approximate surface area is 462 Å². The molecule has 6 nitrogen and oxygen atoms in total. The SMILES string of the molecule is CC/C=C\C/C=C\C/C=C\C/C=C\C/C=C\C/C=C\CCCCCCCCCCCCC(=O)OCC(COC(=O)CCCCCCC/C=C\CCCC)OC(=O)CCCCCCCCC/C=C\C/C=C\C/C=C\CC. The molecule has 0 radical (unpaired) electrons. The van der Waals surface area contributed by atoms with Gasteiger partial charge in [0, 0.05) is 19.3 Å². The van der Waals surface area contributed by atoms with Gasteiger partial charge < -0.3 is 14.2 Å². The topological polar surface area (TPSA) is 78.9 Å². The molecule has 1 atom stereocenters. The van der Waals surface area contributed by atoms with Gasteiger partial charge in [-0.25, -0.2) is 0 Å². The Morgan fingerprint density at radius 3 is 0.827 bits per heavy atom. The van der Waals surface area contributed by atoms with E-state index in [1.54, 1.807) is 0 Å². The van der Waals surface area contributed by atoms with E-state index in [4.69, 9.17) is 14.2 Å². The van der Waals surface area contributed by atoms with Gasteiger partial charge >= 0.3 is 17.9 Å². The second-order valence-corrected chi connectivity index (χ2v) is 20.2. The van der Waals surface area contributed by atoms with Crippen LogP contribution in [0.15, 0.2) is 122 Å². The van der Waals surface area contributed by atoms with Crippen molar-refractivity contribution in [1.82, 2.24) is 0 Å². The molecule has 0 N–H and O–H groups in total. The molecule has 0 aliphatic carbocycles. The first-order valence-corrected chi connectivity index (χ1v) is 31.0. The number of esters is 3. The van der Waals surface area contributed by atoms with Crippen LogP contribution >= 0.6 is 0 Å². The molecule has 0 spiro atoms. The van der Waals surface area contributed by atoms with Crippen LogP contribution in [-0.2, 0) is 28.6 Å². The fourth-order valence-corrected chi connectivity index (χ4v) is 8.32. The fourth-order valence-electron chi connectivity index (χ4n) is 8.32. The molecule has 0 saturated carbocycles. The van der Waals surface area contributed by atoms with E-state index in [1.165, 1.54) is 109 Å². The molecule has 0 amide bonds. The number of ether oxygens (including phenoxy) is 3. The number of hydrogen-bond acceptors (Lipinski definition) is 6. The van der Waals surface area contributed by atoms with Gasteiger partial charge in [-0.05, 0) is 122 Å². The van der Waals surface area contributed by atoms with Crippen molar-refractivity contribution in [3.05, 3.63) is 122 Å². The molecular weight excluding hydrogens is 925 g/mol. The van der Waals surface area contributed by atoms with Crippen LogP contribution in [0.25, 0.3) is 0 Å². The van der Waals surface area contributed by atoms with Crippen molar-refractivity contribution < 1.29 is 28.6 Å². The van der Waals surface area contributed by atoms with Crippen molar-refractivity contribution in [2.24, 2.45) is 0 Å². The number of unbranched alkanes of at least 4 members (excludes halogenated alkanes) is 24. The maximum Gasteiger partial charge on any atom is 0.306 e. The molecule has 0 heterocycles. The minimum atomic E-state index is -0.791. The number of rotatable bonds is 55. The summed E-state index contributed by atoms with van der Waals surface area (Å²) in [5, 5.41) is 0. The highest BCUT2D eigenvalue weighted by molar-refractivity contribution is 5.71. The monoisotopic (exact) mass is 1040 g/mol. The highest BCUT2D eigenvalue weighted by Crippen LogP contribution is 2.15. The minimum Gasteiger partial charge on any atom is -0.462 e. The standard InChI is InChI=1S/C69H114O6/c1-4-7-10-13-16-19-22-24-26-28-29-30-31-32-33-34-35-36-37-38-39-41-42-44-47-50-53-56-59-62-68(71)74-65-66(64-73-67(70)61-58-55-52-49-46-21-18-15-12-9-6-3)75-69(72)63-60-57-54-51-48-45-43-40-27-25-23-20-17-14-11-8-5-2/h7-8,10-11,15-20,24-27,29-30,32-33,35-36,66H,4-6,9,12-14,21-23,28,31,34,37-65H2,1-3H3/b10-7-,11-8-,18-15-,19-16-,20-17-,26-24-,27-25-,30-29-,33-32-,36-35-. The van der Waals surface area contributed by atoms with Gasteiger partial charge in [0.1, 0.15) is 13.2 Å². The third kappa shape index (κ3) is 60.6. The highest BCUT2D eigenvalue weighted by Gasteiger charge is 2.19. The van der Waals surface area contributed by atoms with Gasteiger partial charge in [-0.1, -0.05) is 258 Å². The molecule has 0 aromatic heterocycles. The Kier molecular flexibility index (Phi) is 58.9. The molecule has 1 unspecified atom stereocenters. The lowest BCUT2D eigenvalue weighted by atomic mass is 10.1. The van der Waals surface area contributed by atoms with E-state index >= 15 is 0 Å². The summed E-state index contributed by atoms with van der Waals surface area (Å²) in [6, 6.07) is 0. The molecule has 0 aromatic rings. The summed E-state index contributed by atoms with van der Waals surface area (Å²) in [6.45, 7) is 6.36. The molecule has 0 aliphatic rings. The molecule has 0 aliphatic heterocycles. The zero-order chi connectivity index (χ0) is 54.3. The van der Waals surface area contributed by atoms with Gasteiger partial charge in [0.15, 0.2) is 6.10 Å². The second-order valence-electron chi connectivity index (χ2n) is 20.2. The first-order chi connectivity index (χ1) is 37.0. The summed E-state index contributed by atoms with van der Waals surface area (Å²) >= 11 is 0. The van der Waals surface area contributed by atoms with E-state index < -0.39 is 6.10 Å².